The molecule has 2 saturated heterocycles. The Bertz CT molecular complexity index is 365. The van der Waals surface area contributed by atoms with Crippen molar-refractivity contribution in [2.24, 2.45) is 0 Å². The van der Waals surface area contributed by atoms with Gasteiger partial charge < -0.3 is 10.1 Å². The van der Waals surface area contributed by atoms with E-state index in [9.17, 15) is 0 Å². The van der Waals surface area contributed by atoms with Crippen molar-refractivity contribution in [3.05, 3.63) is 16.1 Å². The molecule has 1 aromatic rings. The van der Waals surface area contributed by atoms with Crippen molar-refractivity contribution < 1.29 is 4.74 Å². The van der Waals surface area contributed by atoms with Gasteiger partial charge in [-0.15, -0.1) is 11.3 Å². The third-order valence-electron chi connectivity index (χ3n) is 3.61. The first kappa shape index (κ1) is 10.7. The molecule has 1 aromatic heterocycles. The molecule has 1 unspecified atom stereocenters. The summed E-state index contributed by atoms with van der Waals surface area (Å²) in [6.07, 6.45) is 4.76. The zero-order valence-electron chi connectivity index (χ0n) is 9.66. The van der Waals surface area contributed by atoms with Gasteiger partial charge in [-0.3, -0.25) is 0 Å². The number of rotatable bonds is 2. The summed E-state index contributed by atoms with van der Waals surface area (Å²) in [6, 6.07) is 0.481. The van der Waals surface area contributed by atoms with Crippen LogP contribution in [0.15, 0.2) is 5.38 Å². The van der Waals surface area contributed by atoms with E-state index in [1.54, 1.807) is 11.3 Å². The zero-order valence-corrected chi connectivity index (χ0v) is 10.5. The average Bonchev–Trinajstić information content (AvgIpc) is 2.98. The van der Waals surface area contributed by atoms with Gasteiger partial charge in [0.05, 0.1) is 11.7 Å². The van der Waals surface area contributed by atoms with Crippen LogP contribution in [0.25, 0.3) is 0 Å². The molecule has 0 radical (unpaired) electrons. The maximum absolute atomic E-state index is 5.83. The Balaban J connectivity index is 1.81. The summed E-state index contributed by atoms with van der Waals surface area (Å²) in [5.74, 6) is 0. The zero-order chi connectivity index (χ0) is 11.0. The quantitative estimate of drug-likeness (QED) is 0.860. The average molecular weight is 238 g/mol. The lowest BCUT2D eigenvalue weighted by Crippen LogP contribution is -2.20. The number of nitrogens with one attached hydrogen (secondary N) is 1. The van der Waals surface area contributed by atoms with E-state index in [2.05, 4.69) is 17.6 Å². The Morgan fingerprint density at radius 2 is 2.50 bits per heavy atom. The molecule has 3 heterocycles. The number of thiazole rings is 1. The largest absolute Gasteiger partial charge is 0.368 e. The van der Waals surface area contributed by atoms with E-state index in [-0.39, 0.29) is 5.60 Å². The number of hydrogen-bond donors (Lipinski definition) is 1. The SMILES string of the molecule is CC1(c2nc([C@@H]3CCCN3)cs2)CCCO1. The van der Waals surface area contributed by atoms with Crippen molar-refractivity contribution in [1.82, 2.24) is 10.3 Å². The molecule has 2 aliphatic rings. The number of ether oxygens (including phenoxy) is 1. The van der Waals surface area contributed by atoms with Gasteiger partial charge in [0.25, 0.3) is 0 Å². The molecule has 2 aliphatic heterocycles. The summed E-state index contributed by atoms with van der Waals surface area (Å²) in [5, 5.41) is 6.85. The summed E-state index contributed by atoms with van der Waals surface area (Å²) < 4.78 is 5.83. The van der Waals surface area contributed by atoms with Gasteiger partial charge in [-0.1, -0.05) is 0 Å². The molecular weight excluding hydrogens is 220 g/mol. The highest BCUT2D eigenvalue weighted by molar-refractivity contribution is 7.09. The second-order valence-electron chi connectivity index (χ2n) is 4.91. The van der Waals surface area contributed by atoms with Gasteiger partial charge >= 0.3 is 0 Å². The molecule has 2 atom stereocenters. The topological polar surface area (TPSA) is 34.2 Å². The molecule has 88 valence electrons. The molecule has 0 aromatic carbocycles. The van der Waals surface area contributed by atoms with Gasteiger partial charge in [-0.05, 0) is 39.2 Å². The van der Waals surface area contributed by atoms with Crippen LogP contribution in [0.5, 0.6) is 0 Å². The van der Waals surface area contributed by atoms with Gasteiger partial charge in [0.15, 0.2) is 0 Å². The Hall–Kier alpha value is -0.450. The standard InChI is InChI=1S/C12H18N2OS/c1-12(5-3-7-15-12)11-14-10(8-16-11)9-4-2-6-13-9/h8-9,13H,2-7H2,1H3/t9-,12?/m0/s1. The smallest absolute Gasteiger partial charge is 0.125 e. The fourth-order valence-corrected chi connectivity index (χ4v) is 3.59. The van der Waals surface area contributed by atoms with Crippen LogP contribution in [-0.2, 0) is 10.3 Å². The molecule has 16 heavy (non-hydrogen) atoms. The second kappa shape index (κ2) is 4.09. The van der Waals surface area contributed by atoms with Crippen LogP contribution in [0, 0.1) is 0 Å². The minimum Gasteiger partial charge on any atom is -0.368 e. The van der Waals surface area contributed by atoms with Crippen LogP contribution in [0.2, 0.25) is 0 Å². The lowest BCUT2D eigenvalue weighted by atomic mass is 10.0. The van der Waals surface area contributed by atoms with Crippen molar-refractivity contribution in [2.45, 2.75) is 44.2 Å². The van der Waals surface area contributed by atoms with Gasteiger partial charge in [0.2, 0.25) is 0 Å². The third kappa shape index (κ3) is 1.79. The first-order valence-corrected chi connectivity index (χ1v) is 6.99. The van der Waals surface area contributed by atoms with E-state index >= 15 is 0 Å². The van der Waals surface area contributed by atoms with E-state index in [0.717, 1.165) is 31.0 Å². The monoisotopic (exact) mass is 238 g/mol. The Kier molecular flexibility index (Phi) is 2.73. The van der Waals surface area contributed by atoms with Crippen molar-refractivity contribution in [3.8, 4) is 0 Å². The molecule has 0 amide bonds. The maximum atomic E-state index is 5.83. The van der Waals surface area contributed by atoms with Gasteiger partial charge in [-0.25, -0.2) is 4.98 Å². The minimum absolute atomic E-state index is 0.110. The van der Waals surface area contributed by atoms with Crippen molar-refractivity contribution in [1.29, 1.82) is 0 Å². The van der Waals surface area contributed by atoms with Crippen LogP contribution < -0.4 is 5.32 Å². The maximum Gasteiger partial charge on any atom is 0.125 e. The molecule has 0 saturated carbocycles. The minimum atomic E-state index is -0.110. The van der Waals surface area contributed by atoms with E-state index in [4.69, 9.17) is 9.72 Å². The van der Waals surface area contributed by atoms with Crippen molar-refractivity contribution in [2.75, 3.05) is 13.2 Å². The van der Waals surface area contributed by atoms with Crippen LogP contribution in [-0.4, -0.2) is 18.1 Å². The highest BCUT2D eigenvalue weighted by atomic mass is 32.1. The van der Waals surface area contributed by atoms with Crippen LogP contribution in [0.3, 0.4) is 0 Å². The molecule has 0 bridgehead atoms. The predicted octanol–water partition coefficient (Wildman–Crippen LogP) is 2.59. The molecule has 0 spiro atoms. The fourth-order valence-electron chi connectivity index (χ4n) is 2.57. The lowest BCUT2D eigenvalue weighted by molar-refractivity contribution is 0.0165. The van der Waals surface area contributed by atoms with Gasteiger partial charge in [-0.2, -0.15) is 0 Å². The first-order valence-electron chi connectivity index (χ1n) is 6.11. The van der Waals surface area contributed by atoms with Crippen molar-refractivity contribution in [3.63, 3.8) is 0 Å². The number of hydrogen-bond acceptors (Lipinski definition) is 4. The van der Waals surface area contributed by atoms with Crippen LogP contribution >= 0.6 is 11.3 Å². The van der Waals surface area contributed by atoms with Crippen LogP contribution in [0.1, 0.15) is 49.4 Å². The highest BCUT2D eigenvalue weighted by Gasteiger charge is 2.35. The van der Waals surface area contributed by atoms with E-state index in [1.165, 1.54) is 18.5 Å². The molecular formula is C12H18N2OS. The summed E-state index contributed by atoms with van der Waals surface area (Å²) in [7, 11) is 0. The first-order chi connectivity index (χ1) is 7.78. The number of aromatic nitrogens is 1. The molecule has 1 N–H and O–H groups in total. The second-order valence-corrected chi connectivity index (χ2v) is 5.77. The lowest BCUT2D eigenvalue weighted by Gasteiger charge is -2.19. The van der Waals surface area contributed by atoms with Gasteiger partial charge in [0.1, 0.15) is 10.6 Å². The van der Waals surface area contributed by atoms with E-state index < -0.39 is 0 Å². The molecule has 2 fully saturated rings. The molecule has 3 nitrogen and oxygen atoms in total. The Morgan fingerprint density at radius 1 is 1.56 bits per heavy atom. The fraction of sp³-hybridized carbons (Fsp3) is 0.750. The van der Waals surface area contributed by atoms with E-state index in [1.807, 2.05) is 0 Å². The van der Waals surface area contributed by atoms with Crippen LogP contribution in [0.4, 0.5) is 0 Å². The molecule has 3 rings (SSSR count). The van der Waals surface area contributed by atoms with E-state index in [0.29, 0.717) is 6.04 Å². The summed E-state index contributed by atoms with van der Waals surface area (Å²) >= 11 is 1.76. The summed E-state index contributed by atoms with van der Waals surface area (Å²) in [6.45, 7) is 4.18. The highest BCUT2D eigenvalue weighted by Crippen LogP contribution is 2.38. The Morgan fingerprint density at radius 3 is 3.19 bits per heavy atom. The predicted molar refractivity (Wildman–Crippen MR) is 64.6 cm³/mol. The molecule has 0 aliphatic carbocycles. The van der Waals surface area contributed by atoms with Gasteiger partial charge in [0, 0.05) is 12.0 Å². The summed E-state index contributed by atoms with van der Waals surface area (Å²) in [4.78, 5) is 4.78. The summed E-state index contributed by atoms with van der Waals surface area (Å²) in [5.41, 5.74) is 1.11. The third-order valence-corrected chi connectivity index (χ3v) is 4.72. The normalized spacial score (nSPS) is 34.7. The molecule has 4 heteroatoms. The van der Waals surface area contributed by atoms with Crippen molar-refractivity contribution >= 4 is 11.3 Å². The number of nitrogens with zero attached hydrogens (tertiary/aromatic N) is 1. The Labute approximate surface area is 100 Å².